The van der Waals surface area contributed by atoms with Gasteiger partial charge in [-0.15, -0.1) is 11.3 Å². The molecule has 3 fully saturated rings. The zero-order chi connectivity index (χ0) is 27.6. The third kappa shape index (κ3) is 6.17. The van der Waals surface area contributed by atoms with Gasteiger partial charge < -0.3 is 10.0 Å². The molecule has 1 aliphatic carbocycles. The molecule has 1 aromatic heterocycles. The number of carboxylic acids is 1. The highest BCUT2D eigenvalue weighted by molar-refractivity contribution is 7.15. The number of benzene rings is 2. The van der Waals surface area contributed by atoms with Crippen molar-refractivity contribution in [3.8, 4) is 10.6 Å². The number of carbonyl (C=O) groups is 1. The Hall–Kier alpha value is -2.61. The Morgan fingerprint density at radius 1 is 1.07 bits per heavy atom. The molecule has 2 aromatic carbocycles. The number of halogens is 1. The van der Waals surface area contributed by atoms with Crippen LogP contribution in [0, 0.1) is 17.7 Å². The number of piperidine rings is 1. The fraction of sp³-hybridized carbons (Fsp3) is 0.515. The van der Waals surface area contributed by atoms with Crippen LogP contribution >= 0.6 is 11.3 Å². The van der Waals surface area contributed by atoms with Crippen LogP contribution < -0.4 is 0 Å². The molecule has 0 unspecified atom stereocenters. The minimum Gasteiger partial charge on any atom is -0.480 e. The Bertz CT molecular complexity index is 1300. The summed E-state index contributed by atoms with van der Waals surface area (Å²) in [5, 5.41) is 11.2. The van der Waals surface area contributed by atoms with Gasteiger partial charge in [-0.2, -0.15) is 0 Å². The third-order valence-electron chi connectivity index (χ3n) is 9.26. The largest absolute Gasteiger partial charge is 0.480 e. The molecule has 1 N–H and O–H groups in total. The van der Waals surface area contributed by atoms with Gasteiger partial charge in [0.25, 0.3) is 0 Å². The molecule has 6 rings (SSSR count). The third-order valence-corrected chi connectivity index (χ3v) is 10.6. The lowest BCUT2D eigenvalue weighted by atomic mass is 9.87. The van der Waals surface area contributed by atoms with Crippen LogP contribution in [-0.4, -0.2) is 64.6 Å². The number of rotatable bonds is 10. The van der Waals surface area contributed by atoms with Gasteiger partial charge >= 0.3 is 5.97 Å². The van der Waals surface area contributed by atoms with Crippen LogP contribution in [0.4, 0.5) is 4.39 Å². The van der Waals surface area contributed by atoms with Crippen molar-refractivity contribution >= 4 is 17.3 Å². The number of hydrogen-bond donors (Lipinski definition) is 1. The lowest BCUT2D eigenvalue weighted by molar-refractivity contribution is -0.143. The molecule has 1 saturated carbocycles. The minimum atomic E-state index is -0.711. The Morgan fingerprint density at radius 3 is 2.52 bits per heavy atom. The summed E-state index contributed by atoms with van der Waals surface area (Å²) in [5.41, 5.74) is 3.44. The number of nitrogens with zero attached hydrogens (tertiary/aromatic N) is 3. The van der Waals surface area contributed by atoms with Crippen molar-refractivity contribution in [3.05, 3.63) is 76.5 Å². The van der Waals surface area contributed by atoms with E-state index in [9.17, 15) is 14.3 Å². The fourth-order valence-electron chi connectivity index (χ4n) is 6.88. The molecular weight excluding hydrogens is 521 g/mol. The van der Waals surface area contributed by atoms with Crippen molar-refractivity contribution in [1.29, 1.82) is 0 Å². The summed E-state index contributed by atoms with van der Waals surface area (Å²) in [6, 6.07) is 17.0. The van der Waals surface area contributed by atoms with E-state index >= 15 is 0 Å². The van der Waals surface area contributed by atoms with E-state index in [2.05, 4.69) is 41.0 Å². The number of carboxylic acid groups (broad SMARTS) is 1. The predicted octanol–water partition coefficient (Wildman–Crippen LogP) is 6.66. The first kappa shape index (κ1) is 27.6. The van der Waals surface area contributed by atoms with Crippen molar-refractivity contribution in [3.63, 3.8) is 0 Å². The topological polar surface area (TPSA) is 56.7 Å². The number of likely N-dealkylation sites (tertiary alicyclic amines) is 2. The summed E-state index contributed by atoms with van der Waals surface area (Å²) in [6.07, 6.45) is 6.22. The molecule has 0 amide bonds. The zero-order valence-electron chi connectivity index (χ0n) is 23.3. The molecule has 2 saturated heterocycles. The van der Waals surface area contributed by atoms with Gasteiger partial charge in [0.2, 0.25) is 0 Å². The van der Waals surface area contributed by atoms with Crippen LogP contribution in [-0.2, 0) is 11.2 Å². The smallest absolute Gasteiger partial charge is 0.320 e. The highest BCUT2D eigenvalue weighted by Gasteiger charge is 2.42. The van der Waals surface area contributed by atoms with Gasteiger partial charge in [0.15, 0.2) is 0 Å². The first-order valence-electron chi connectivity index (χ1n) is 15.0. The molecular formula is C33H40FN3O2S. The Kier molecular flexibility index (Phi) is 8.33. The van der Waals surface area contributed by atoms with Crippen LogP contribution in [0.5, 0.6) is 0 Å². The van der Waals surface area contributed by atoms with E-state index in [1.54, 1.807) is 12.1 Å². The predicted molar refractivity (Wildman–Crippen MR) is 158 cm³/mol. The average molecular weight is 562 g/mol. The maximum absolute atomic E-state index is 14.2. The van der Waals surface area contributed by atoms with E-state index in [1.807, 2.05) is 23.5 Å². The summed E-state index contributed by atoms with van der Waals surface area (Å²) in [4.78, 5) is 23.5. The van der Waals surface area contributed by atoms with E-state index < -0.39 is 12.0 Å². The number of aromatic nitrogens is 1. The van der Waals surface area contributed by atoms with Gasteiger partial charge in [-0.3, -0.25) is 9.69 Å². The summed E-state index contributed by atoms with van der Waals surface area (Å²) in [7, 11) is 0. The monoisotopic (exact) mass is 561 g/mol. The van der Waals surface area contributed by atoms with E-state index in [-0.39, 0.29) is 11.7 Å². The van der Waals surface area contributed by atoms with Crippen molar-refractivity contribution in [1.82, 2.24) is 14.8 Å². The van der Waals surface area contributed by atoms with Crippen molar-refractivity contribution < 1.29 is 14.3 Å². The lowest BCUT2D eigenvalue weighted by Crippen LogP contribution is -2.41. The van der Waals surface area contributed by atoms with Gasteiger partial charge in [-0.25, -0.2) is 9.37 Å². The van der Waals surface area contributed by atoms with E-state index in [1.165, 1.54) is 22.2 Å². The first-order valence-corrected chi connectivity index (χ1v) is 15.8. The summed E-state index contributed by atoms with van der Waals surface area (Å²) >= 11 is 1.87. The number of aliphatic carboxylic acids is 1. The normalized spacial score (nSPS) is 23.4. The maximum atomic E-state index is 14.2. The molecule has 3 atom stereocenters. The highest BCUT2D eigenvalue weighted by Crippen LogP contribution is 2.41. The Balaban J connectivity index is 1.14. The van der Waals surface area contributed by atoms with Crippen molar-refractivity contribution in [2.24, 2.45) is 11.8 Å². The molecule has 40 heavy (non-hydrogen) atoms. The molecule has 0 spiro atoms. The van der Waals surface area contributed by atoms with Gasteiger partial charge in [-0.05, 0) is 74.2 Å². The van der Waals surface area contributed by atoms with E-state index in [0.29, 0.717) is 24.3 Å². The second-order valence-electron chi connectivity index (χ2n) is 12.0. The van der Waals surface area contributed by atoms with E-state index in [0.717, 1.165) is 75.3 Å². The van der Waals surface area contributed by atoms with Crippen LogP contribution in [0.15, 0.2) is 54.6 Å². The summed E-state index contributed by atoms with van der Waals surface area (Å²) in [6.45, 7) is 6.65. The maximum Gasteiger partial charge on any atom is 0.320 e. The van der Waals surface area contributed by atoms with Crippen molar-refractivity contribution in [2.75, 3.05) is 32.7 Å². The van der Waals surface area contributed by atoms with Crippen LogP contribution in [0.25, 0.3) is 10.6 Å². The van der Waals surface area contributed by atoms with Gasteiger partial charge in [0, 0.05) is 36.0 Å². The first-order chi connectivity index (χ1) is 19.5. The molecule has 3 heterocycles. The summed E-state index contributed by atoms with van der Waals surface area (Å²) < 4.78 is 14.2. The number of hydrogen-bond acceptors (Lipinski definition) is 5. The standard InChI is InChI=1S/C33H40FN3O2S/c1-2-29-31(40-32(35-29)24-7-4-3-5-8-24)23-13-15-36(16-14-23)19-26-20-37(30(33(38)39)17-22-11-12-22)21-28(26)25-9-6-10-27(34)18-25/h3-10,18,22-23,26,28,30H,2,11-17,19-21H2,1H3,(H,38,39)/t26-,28+,30+/m0/s1. The minimum absolute atomic E-state index is 0.149. The second-order valence-corrected chi connectivity index (χ2v) is 13.1. The number of aryl methyl sites for hydroxylation is 1. The Labute approximate surface area is 241 Å². The quantitative estimate of drug-likeness (QED) is 0.300. The molecule has 5 nitrogen and oxygen atoms in total. The van der Waals surface area contributed by atoms with Gasteiger partial charge in [-0.1, -0.05) is 62.2 Å². The fourth-order valence-corrected chi connectivity index (χ4v) is 8.21. The Morgan fingerprint density at radius 2 is 1.85 bits per heavy atom. The second kappa shape index (κ2) is 12.1. The highest BCUT2D eigenvalue weighted by atomic mass is 32.1. The SMILES string of the molecule is CCc1nc(-c2ccccc2)sc1C1CCN(C[C@H]2CN([C@H](CC3CC3)C(=O)O)C[C@@H]2c2cccc(F)c2)CC1. The van der Waals surface area contributed by atoms with Gasteiger partial charge in [0.05, 0.1) is 5.69 Å². The van der Waals surface area contributed by atoms with Crippen LogP contribution in [0.1, 0.15) is 67.0 Å². The van der Waals surface area contributed by atoms with Crippen LogP contribution in [0.3, 0.4) is 0 Å². The zero-order valence-corrected chi connectivity index (χ0v) is 24.2. The summed E-state index contributed by atoms with van der Waals surface area (Å²) in [5.74, 6) is 0.603. The van der Waals surface area contributed by atoms with Crippen LogP contribution in [0.2, 0.25) is 0 Å². The molecule has 212 valence electrons. The average Bonchev–Trinajstić information content (AvgIpc) is 3.54. The van der Waals surface area contributed by atoms with E-state index in [4.69, 9.17) is 4.98 Å². The molecule has 7 heteroatoms. The lowest BCUT2D eigenvalue weighted by Gasteiger charge is -2.34. The van der Waals surface area contributed by atoms with Crippen molar-refractivity contribution in [2.45, 2.75) is 63.3 Å². The number of thiazole rings is 1. The molecule has 0 radical (unpaired) electrons. The molecule has 2 aliphatic heterocycles. The molecule has 3 aliphatic rings. The molecule has 3 aromatic rings. The molecule has 0 bridgehead atoms. The van der Waals surface area contributed by atoms with Gasteiger partial charge in [0.1, 0.15) is 16.9 Å².